The van der Waals surface area contributed by atoms with E-state index >= 15 is 0 Å². The predicted octanol–water partition coefficient (Wildman–Crippen LogP) is -2.22. The Kier molecular flexibility index (Phi) is 17.1. The smallest absolute Gasteiger partial charge is 0.267 e. The number of hydrogen-bond donors (Lipinski definition) is 10. The zero-order chi connectivity index (χ0) is 40.6. The molecular weight excluding hydrogens is 742 g/mol. The van der Waals surface area contributed by atoms with Gasteiger partial charge in [0.25, 0.3) is 6.43 Å². The van der Waals surface area contributed by atoms with E-state index in [2.05, 4.69) is 5.92 Å². The van der Waals surface area contributed by atoms with Gasteiger partial charge in [0.15, 0.2) is 12.6 Å². The normalized spacial score (nSPS) is 37.4. The molecule has 17 nitrogen and oxygen atoms in total. The van der Waals surface area contributed by atoms with Crippen LogP contribution in [0.5, 0.6) is 5.75 Å². The molecule has 16 atom stereocenters. The van der Waals surface area contributed by atoms with Crippen LogP contribution >= 0.6 is 0 Å². The number of carbonyl (C=O) groups excluding carboxylic acids is 1. The Balaban J connectivity index is 1.44. The average molecular weight is 795 g/mol. The van der Waals surface area contributed by atoms with Crippen molar-refractivity contribution in [2.24, 2.45) is 5.92 Å². The molecule has 0 bridgehead atoms. The number of rotatable bonds is 18. The summed E-state index contributed by atoms with van der Waals surface area (Å²) >= 11 is 0. The van der Waals surface area contributed by atoms with Crippen molar-refractivity contribution in [3.05, 3.63) is 29.3 Å². The van der Waals surface area contributed by atoms with E-state index in [1.165, 1.54) is 18.2 Å². The summed E-state index contributed by atoms with van der Waals surface area (Å²) in [5.74, 6) is 1.85. The number of alkyl halides is 2. The molecule has 0 amide bonds. The first kappa shape index (κ1) is 45.2. The molecule has 7 unspecified atom stereocenters. The second-order valence-corrected chi connectivity index (χ2v) is 13.9. The third-order valence-corrected chi connectivity index (χ3v) is 9.88. The van der Waals surface area contributed by atoms with Gasteiger partial charge in [0.05, 0.1) is 25.4 Å². The van der Waals surface area contributed by atoms with Gasteiger partial charge in [-0.2, -0.15) is 0 Å². The first-order valence-electron chi connectivity index (χ1n) is 18.1. The van der Waals surface area contributed by atoms with Crippen LogP contribution in [0.1, 0.15) is 56.6 Å². The van der Waals surface area contributed by atoms with Crippen molar-refractivity contribution in [1.82, 2.24) is 0 Å². The predicted molar refractivity (Wildman–Crippen MR) is 181 cm³/mol. The van der Waals surface area contributed by atoms with Gasteiger partial charge in [-0.25, -0.2) is 8.78 Å². The summed E-state index contributed by atoms with van der Waals surface area (Å²) in [7, 11) is 0. The molecule has 312 valence electrons. The van der Waals surface area contributed by atoms with Crippen molar-refractivity contribution in [2.75, 3.05) is 19.8 Å². The van der Waals surface area contributed by atoms with Gasteiger partial charge in [0.2, 0.25) is 6.29 Å². The number of benzene rings is 1. The second-order valence-electron chi connectivity index (χ2n) is 13.9. The highest BCUT2D eigenvalue weighted by Gasteiger charge is 2.53. The van der Waals surface area contributed by atoms with Crippen molar-refractivity contribution >= 4 is 5.78 Å². The van der Waals surface area contributed by atoms with E-state index in [1.54, 1.807) is 0 Å². The molecule has 4 rings (SSSR count). The van der Waals surface area contributed by atoms with Crippen LogP contribution in [0.2, 0.25) is 0 Å². The molecule has 19 heteroatoms. The molecule has 3 heterocycles. The summed E-state index contributed by atoms with van der Waals surface area (Å²) in [4.78, 5) is 12.4. The summed E-state index contributed by atoms with van der Waals surface area (Å²) in [6.45, 7) is -0.631. The zero-order valence-corrected chi connectivity index (χ0v) is 30.1. The number of terminal acetylenes is 1. The highest BCUT2D eigenvalue weighted by atomic mass is 19.3. The molecule has 0 radical (unpaired) electrons. The van der Waals surface area contributed by atoms with Gasteiger partial charge in [-0.3, -0.25) is 4.79 Å². The maximum Gasteiger partial charge on any atom is 0.267 e. The lowest BCUT2D eigenvalue weighted by Gasteiger charge is -2.48. The standard InChI is InChI=1S/C36H52F2O17/c1-3-5-7-18(42)11-16(6-4-2)10-17-8-9-20(19(12-17)33(37)38)50-34-29(48)26(45)31(22(14-40)52-34)55-36-30(49)27(46)32(23(15-41)53-36)54-35-28(47)25(44)24(43)21(13-39)51-35/h2,8-9,12,16,21-36,39-41,43-49H,3,5-7,10-11,13-15H2,1H3/t16?,21?,22?,23?,24-,25+,26-,27-,28?,29?,30?,31-,32-,34-,35-,36-/m1/s1. The van der Waals surface area contributed by atoms with E-state index < -0.39 is 130 Å². The lowest BCUT2D eigenvalue weighted by Crippen LogP contribution is -2.66. The Hall–Kier alpha value is -2.49. The van der Waals surface area contributed by atoms with Crippen molar-refractivity contribution in [3.63, 3.8) is 0 Å². The number of aliphatic hydroxyl groups is 10. The van der Waals surface area contributed by atoms with Crippen LogP contribution in [-0.4, -0.2) is 169 Å². The van der Waals surface area contributed by atoms with Crippen LogP contribution in [0.15, 0.2) is 18.2 Å². The molecule has 3 fully saturated rings. The highest BCUT2D eigenvalue weighted by molar-refractivity contribution is 5.78. The first-order valence-corrected chi connectivity index (χ1v) is 18.1. The van der Waals surface area contributed by atoms with Gasteiger partial charge in [-0.15, -0.1) is 12.3 Å². The number of ether oxygens (including phenoxy) is 6. The molecule has 1 aromatic carbocycles. The SMILES string of the molecule is C#CCC(CC(=O)CCCC)Cc1ccc(O[C@@H]2OC(CO)[C@@H](O[C@H]3OC(CO)[C@@H](O[C@H]4OC(CO)[C@@H](O)[C@H](O)C4O)[C@H](O)C3O)[C@H](O)C2O)c(C(F)F)c1. The fourth-order valence-electron chi connectivity index (χ4n) is 6.78. The first-order chi connectivity index (χ1) is 26.2. The molecule has 0 aliphatic carbocycles. The Bertz CT molecular complexity index is 1390. The quantitative estimate of drug-likeness (QED) is 0.0705. The van der Waals surface area contributed by atoms with E-state index in [4.69, 9.17) is 34.8 Å². The largest absolute Gasteiger partial charge is 0.461 e. The molecule has 3 saturated heterocycles. The minimum absolute atomic E-state index is 0.0258. The molecule has 3 aliphatic heterocycles. The fourth-order valence-corrected chi connectivity index (χ4v) is 6.78. The molecule has 0 saturated carbocycles. The van der Waals surface area contributed by atoms with E-state index in [1.807, 2.05) is 6.92 Å². The number of Topliss-reactive ketones (excluding diaryl/α,β-unsaturated/α-hetero) is 1. The summed E-state index contributed by atoms with van der Waals surface area (Å²) in [5.41, 5.74) is -0.130. The molecule has 0 aromatic heterocycles. The lowest BCUT2D eigenvalue weighted by atomic mass is 9.90. The zero-order valence-electron chi connectivity index (χ0n) is 30.1. The van der Waals surface area contributed by atoms with Crippen LogP contribution in [0.4, 0.5) is 8.78 Å². The van der Waals surface area contributed by atoms with Crippen LogP contribution in [0.3, 0.4) is 0 Å². The molecule has 1 aromatic rings. The van der Waals surface area contributed by atoms with Crippen LogP contribution in [0.25, 0.3) is 0 Å². The number of halogens is 2. The minimum atomic E-state index is -3.06. The number of unbranched alkanes of at least 4 members (excludes halogenated alkanes) is 1. The fraction of sp³-hybridized carbons (Fsp3) is 0.750. The molecule has 3 aliphatic rings. The van der Waals surface area contributed by atoms with Gasteiger partial charge < -0.3 is 79.5 Å². The third-order valence-electron chi connectivity index (χ3n) is 9.88. The highest BCUT2D eigenvalue weighted by Crippen LogP contribution is 2.36. The van der Waals surface area contributed by atoms with E-state index in [-0.39, 0.29) is 31.0 Å². The van der Waals surface area contributed by atoms with E-state index in [0.717, 1.165) is 12.8 Å². The molecule has 10 N–H and O–H groups in total. The van der Waals surface area contributed by atoms with Crippen molar-refractivity contribution in [2.45, 2.75) is 144 Å². The van der Waals surface area contributed by atoms with Crippen molar-refractivity contribution in [3.8, 4) is 18.1 Å². The van der Waals surface area contributed by atoms with Gasteiger partial charge in [0, 0.05) is 19.3 Å². The number of carbonyl (C=O) groups is 1. The maximum absolute atomic E-state index is 14.3. The van der Waals surface area contributed by atoms with Crippen LogP contribution in [-0.2, 0) is 34.9 Å². The molecule has 0 spiro atoms. The van der Waals surface area contributed by atoms with E-state index in [0.29, 0.717) is 12.0 Å². The number of aliphatic hydroxyl groups excluding tert-OH is 10. The van der Waals surface area contributed by atoms with Gasteiger partial charge in [0.1, 0.15) is 84.8 Å². The second kappa shape index (κ2) is 20.8. The minimum Gasteiger partial charge on any atom is -0.461 e. The topological polar surface area (TPSA) is 275 Å². The summed E-state index contributed by atoms with van der Waals surface area (Å²) < 4.78 is 61.8. The van der Waals surface area contributed by atoms with Gasteiger partial charge in [-0.05, 0) is 36.5 Å². The Morgan fingerprint density at radius 2 is 1.31 bits per heavy atom. The summed E-state index contributed by atoms with van der Waals surface area (Å²) in [5, 5.41) is 104. The monoisotopic (exact) mass is 794 g/mol. The van der Waals surface area contributed by atoms with Crippen LogP contribution in [0, 0.1) is 18.3 Å². The van der Waals surface area contributed by atoms with Gasteiger partial charge >= 0.3 is 0 Å². The molecular formula is C36H52F2O17. The van der Waals surface area contributed by atoms with Crippen molar-refractivity contribution in [1.29, 1.82) is 0 Å². The Labute approximate surface area is 315 Å². The van der Waals surface area contributed by atoms with E-state index in [9.17, 15) is 64.6 Å². The summed E-state index contributed by atoms with van der Waals surface area (Å²) in [6.07, 6.45) is -21.7. The summed E-state index contributed by atoms with van der Waals surface area (Å²) in [6, 6.07) is 3.88. The Morgan fingerprint density at radius 1 is 0.782 bits per heavy atom. The maximum atomic E-state index is 14.3. The Morgan fingerprint density at radius 3 is 1.84 bits per heavy atom. The molecule has 55 heavy (non-hydrogen) atoms. The number of ketones is 1. The van der Waals surface area contributed by atoms with Crippen molar-refractivity contribution < 1.29 is 93.1 Å². The average Bonchev–Trinajstić information content (AvgIpc) is 3.16. The van der Waals surface area contributed by atoms with Crippen LogP contribution < -0.4 is 4.74 Å². The lowest BCUT2D eigenvalue weighted by molar-refractivity contribution is -0.376. The number of hydrogen-bond acceptors (Lipinski definition) is 17. The third kappa shape index (κ3) is 10.9. The van der Waals surface area contributed by atoms with Gasteiger partial charge in [-0.1, -0.05) is 19.4 Å².